The number of amides is 1. The summed E-state index contributed by atoms with van der Waals surface area (Å²) in [6.45, 7) is 5.98. The van der Waals surface area contributed by atoms with Crippen LogP contribution in [0.4, 0.5) is 4.39 Å². The summed E-state index contributed by atoms with van der Waals surface area (Å²) in [6, 6.07) is 5.85. The van der Waals surface area contributed by atoms with Gasteiger partial charge < -0.3 is 9.32 Å². The third kappa shape index (κ3) is 4.14. The van der Waals surface area contributed by atoms with Gasteiger partial charge in [0.2, 0.25) is 11.8 Å². The summed E-state index contributed by atoms with van der Waals surface area (Å²) in [5, 5.41) is 8.24. The van der Waals surface area contributed by atoms with Crippen LogP contribution in [0.2, 0.25) is 0 Å². The molecule has 0 radical (unpaired) electrons. The lowest BCUT2D eigenvalue weighted by atomic mass is 9.92. The number of benzene rings is 1. The summed E-state index contributed by atoms with van der Waals surface area (Å²) in [5.74, 6) is 1.46. The van der Waals surface area contributed by atoms with Gasteiger partial charge in [0.1, 0.15) is 5.82 Å². The SMILES string of the molecule is C[C@@H]1C[C@H](C)CN(C(=O)CSc2nnc(-c3ccc(F)cc3)o2)C1. The first-order valence-corrected chi connectivity index (χ1v) is 9.00. The van der Waals surface area contributed by atoms with E-state index in [0.29, 0.717) is 28.5 Å². The molecule has 7 heteroatoms. The summed E-state index contributed by atoms with van der Waals surface area (Å²) < 4.78 is 18.5. The number of likely N-dealkylation sites (tertiary alicyclic amines) is 1. The zero-order valence-electron chi connectivity index (χ0n) is 13.7. The molecule has 128 valence electrons. The maximum absolute atomic E-state index is 12.9. The molecule has 24 heavy (non-hydrogen) atoms. The normalized spacial score (nSPS) is 21.0. The number of hydrogen-bond acceptors (Lipinski definition) is 5. The van der Waals surface area contributed by atoms with Crippen molar-refractivity contribution in [2.75, 3.05) is 18.8 Å². The van der Waals surface area contributed by atoms with Crippen LogP contribution < -0.4 is 0 Å². The minimum atomic E-state index is -0.316. The molecule has 0 aliphatic carbocycles. The first kappa shape index (κ1) is 17.0. The minimum Gasteiger partial charge on any atom is -0.411 e. The van der Waals surface area contributed by atoms with Crippen molar-refractivity contribution in [3.63, 3.8) is 0 Å². The fraction of sp³-hybridized carbons (Fsp3) is 0.471. The van der Waals surface area contributed by atoms with Crippen molar-refractivity contribution in [2.24, 2.45) is 11.8 Å². The predicted molar refractivity (Wildman–Crippen MR) is 89.9 cm³/mol. The second-order valence-electron chi connectivity index (χ2n) is 6.41. The molecular weight excluding hydrogens is 329 g/mol. The van der Waals surface area contributed by atoms with Crippen LogP contribution in [0.1, 0.15) is 20.3 Å². The number of rotatable bonds is 4. The molecule has 1 fully saturated rings. The molecular formula is C17H20FN3O2S. The van der Waals surface area contributed by atoms with Gasteiger partial charge in [-0.15, -0.1) is 10.2 Å². The Balaban J connectivity index is 1.57. The van der Waals surface area contributed by atoms with Gasteiger partial charge >= 0.3 is 0 Å². The third-order valence-corrected chi connectivity index (χ3v) is 4.84. The highest BCUT2D eigenvalue weighted by Gasteiger charge is 2.25. The Morgan fingerprint density at radius 1 is 1.25 bits per heavy atom. The molecule has 2 aromatic rings. The van der Waals surface area contributed by atoms with Crippen molar-refractivity contribution in [1.82, 2.24) is 15.1 Å². The van der Waals surface area contributed by atoms with Crippen LogP contribution in [0, 0.1) is 17.7 Å². The van der Waals surface area contributed by atoms with E-state index in [-0.39, 0.29) is 17.5 Å². The summed E-state index contributed by atoms with van der Waals surface area (Å²) in [5.41, 5.74) is 0.653. The molecule has 1 saturated heterocycles. The van der Waals surface area contributed by atoms with Gasteiger partial charge in [-0.25, -0.2) is 4.39 Å². The van der Waals surface area contributed by atoms with Crippen molar-refractivity contribution in [1.29, 1.82) is 0 Å². The molecule has 0 N–H and O–H groups in total. The standard InChI is InChI=1S/C17H20FN3O2S/c1-11-7-12(2)9-21(8-11)15(22)10-24-17-20-19-16(23-17)13-3-5-14(18)6-4-13/h3-6,11-12H,7-10H2,1-2H3/t11-,12+. The monoisotopic (exact) mass is 349 g/mol. The van der Waals surface area contributed by atoms with E-state index >= 15 is 0 Å². The van der Waals surface area contributed by atoms with Gasteiger partial charge in [-0.2, -0.15) is 0 Å². The summed E-state index contributed by atoms with van der Waals surface area (Å²) >= 11 is 1.24. The van der Waals surface area contributed by atoms with E-state index in [1.54, 1.807) is 12.1 Å². The second kappa shape index (κ2) is 7.34. The van der Waals surface area contributed by atoms with Crippen LogP contribution in [0.3, 0.4) is 0 Å². The van der Waals surface area contributed by atoms with Crippen LogP contribution in [0.15, 0.2) is 33.9 Å². The topological polar surface area (TPSA) is 59.2 Å². The van der Waals surface area contributed by atoms with E-state index in [1.807, 2.05) is 4.90 Å². The maximum Gasteiger partial charge on any atom is 0.277 e. The Labute approximate surface area is 144 Å². The molecule has 1 aliphatic heterocycles. The highest BCUT2D eigenvalue weighted by Crippen LogP contribution is 2.25. The van der Waals surface area contributed by atoms with Gasteiger partial charge in [-0.05, 0) is 42.5 Å². The van der Waals surface area contributed by atoms with Crippen molar-refractivity contribution >= 4 is 17.7 Å². The van der Waals surface area contributed by atoms with Crippen LogP contribution >= 0.6 is 11.8 Å². The minimum absolute atomic E-state index is 0.0972. The van der Waals surface area contributed by atoms with E-state index in [2.05, 4.69) is 24.0 Å². The van der Waals surface area contributed by atoms with Crippen molar-refractivity contribution in [2.45, 2.75) is 25.5 Å². The van der Waals surface area contributed by atoms with Crippen LogP contribution in [-0.2, 0) is 4.79 Å². The number of halogens is 1. The second-order valence-corrected chi connectivity index (χ2v) is 7.34. The zero-order valence-corrected chi connectivity index (χ0v) is 14.6. The first-order chi connectivity index (χ1) is 11.5. The third-order valence-electron chi connectivity index (χ3n) is 4.04. The van der Waals surface area contributed by atoms with Crippen LogP contribution in [0.5, 0.6) is 0 Å². The Morgan fingerprint density at radius 2 is 1.92 bits per heavy atom. The summed E-state index contributed by atoms with van der Waals surface area (Å²) in [7, 11) is 0. The number of carbonyl (C=O) groups is 1. The quantitative estimate of drug-likeness (QED) is 0.791. The molecule has 2 heterocycles. The fourth-order valence-corrected chi connectivity index (χ4v) is 3.72. The Kier molecular flexibility index (Phi) is 5.18. The molecule has 1 aliphatic rings. The van der Waals surface area contributed by atoms with Gasteiger partial charge in [0, 0.05) is 18.7 Å². The van der Waals surface area contributed by atoms with Gasteiger partial charge in [0.25, 0.3) is 5.22 Å². The molecule has 0 saturated carbocycles. The summed E-state index contributed by atoms with van der Waals surface area (Å²) in [6.07, 6.45) is 1.17. The lowest BCUT2D eigenvalue weighted by Gasteiger charge is -2.34. The molecule has 1 aromatic carbocycles. The lowest BCUT2D eigenvalue weighted by Crippen LogP contribution is -2.43. The number of carbonyl (C=O) groups excluding carboxylic acids is 1. The number of thioether (sulfide) groups is 1. The summed E-state index contributed by atoms with van der Waals surface area (Å²) in [4.78, 5) is 14.3. The first-order valence-electron chi connectivity index (χ1n) is 8.01. The van der Waals surface area contributed by atoms with Gasteiger partial charge in [-0.1, -0.05) is 25.6 Å². The number of piperidine rings is 1. The molecule has 5 nitrogen and oxygen atoms in total. The maximum atomic E-state index is 12.9. The smallest absolute Gasteiger partial charge is 0.277 e. The lowest BCUT2D eigenvalue weighted by molar-refractivity contribution is -0.130. The van der Waals surface area contributed by atoms with Gasteiger partial charge in [-0.3, -0.25) is 4.79 Å². The number of aromatic nitrogens is 2. The average Bonchev–Trinajstić information content (AvgIpc) is 3.01. The van der Waals surface area contributed by atoms with Crippen LogP contribution in [-0.4, -0.2) is 39.8 Å². The number of nitrogens with zero attached hydrogens (tertiary/aromatic N) is 3. The Bertz CT molecular complexity index is 694. The predicted octanol–water partition coefficient (Wildman–Crippen LogP) is 3.47. The van der Waals surface area contributed by atoms with E-state index in [4.69, 9.17) is 4.42 Å². The zero-order chi connectivity index (χ0) is 17.1. The highest BCUT2D eigenvalue weighted by atomic mass is 32.2. The molecule has 3 rings (SSSR count). The van der Waals surface area contributed by atoms with Crippen LogP contribution in [0.25, 0.3) is 11.5 Å². The molecule has 0 unspecified atom stereocenters. The molecule has 0 spiro atoms. The van der Waals surface area contributed by atoms with E-state index < -0.39 is 0 Å². The van der Waals surface area contributed by atoms with Gasteiger partial charge in [0.15, 0.2) is 0 Å². The number of hydrogen-bond donors (Lipinski definition) is 0. The molecule has 1 aromatic heterocycles. The Hall–Kier alpha value is -1.89. The molecule has 0 bridgehead atoms. The molecule has 1 amide bonds. The van der Waals surface area contributed by atoms with E-state index in [1.165, 1.54) is 30.3 Å². The van der Waals surface area contributed by atoms with Crippen molar-refractivity contribution in [3.8, 4) is 11.5 Å². The van der Waals surface area contributed by atoms with E-state index in [9.17, 15) is 9.18 Å². The fourth-order valence-electron chi connectivity index (χ4n) is 3.06. The largest absolute Gasteiger partial charge is 0.411 e. The average molecular weight is 349 g/mol. The van der Waals surface area contributed by atoms with Crippen molar-refractivity contribution in [3.05, 3.63) is 30.1 Å². The highest BCUT2D eigenvalue weighted by molar-refractivity contribution is 7.99. The van der Waals surface area contributed by atoms with Crippen molar-refractivity contribution < 1.29 is 13.6 Å². The van der Waals surface area contributed by atoms with Gasteiger partial charge in [0.05, 0.1) is 5.75 Å². The van der Waals surface area contributed by atoms with E-state index in [0.717, 1.165) is 13.1 Å². The molecule has 2 atom stereocenters. The Morgan fingerprint density at radius 3 is 2.58 bits per heavy atom.